The lowest BCUT2D eigenvalue weighted by Crippen LogP contribution is -2.07. The van der Waals surface area contributed by atoms with Gasteiger partial charge in [0.05, 0.1) is 5.56 Å². The number of aryl methyl sites for hydroxylation is 1. The third-order valence-corrected chi connectivity index (χ3v) is 3.82. The molecule has 2 N–H and O–H groups in total. The van der Waals surface area contributed by atoms with Crippen LogP contribution in [0.4, 0.5) is 5.69 Å². The van der Waals surface area contributed by atoms with Crippen LogP contribution in [0.3, 0.4) is 0 Å². The van der Waals surface area contributed by atoms with Gasteiger partial charge in [-0.25, -0.2) is 4.79 Å². The standard InChI is InChI=1S/C15H15BrN2O2/c1-10-8-12(2-3-14(10)16)18-7-5-13-9-11(15(19)20)4-6-17-13/h2-4,6,8-9,18H,5,7H2,1H3,(H,19,20). The van der Waals surface area contributed by atoms with E-state index in [1.165, 1.54) is 17.8 Å². The van der Waals surface area contributed by atoms with Gasteiger partial charge in [0.15, 0.2) is 0 Å². The number of pyridine rings is 1. The number of aromatic carboxylic acids is 1. The number of nitrogens with zero attached hydrogens (tertiary/aromatic N) is 1. The van der Waals surface area contributed by atoms with Crippen molar-refractivity contribution < 1.29 is 9.90 Å². The molecule has 0 bridgehead atoms. The quantitative estimate of drug-likeness (QED) is 0.878. The fourth-order valence-electron chi connectivity index (χ4n) is 1.84. The SMILES string of the molecule is Cc1cc(NCCc2cc(C(=O)O)ccn2)ccc1Br. The van der Waals surface area contributed by atoms with Crippen LogP contribution in [0.5, 0.6) is 0 Å². The lowest BCUT2D eigenvalue weighted by molar-refractivity contribution is 0.0696. The Bertz CT molecular complexity index is 629. The summed E-state index contributed by atoms with van der Waals surface area (Å²) in [7, 11) is 0. The van der Waals surface area contributed by atoms with Crippen molar-refractivity contribution in [1.29, 1.82) is 0 Å². The molecule has 1 aromatic heterocycles. The summed E-state index contributed by atoms with van der Waals surface area (Å²) in [6.07, 6.45) is 2.21. The summed E-state index contributed by atoms with van der Waals surface area (Å²) < 4.78 is 1.08. The second kappa shape index (κ2) is 6.52. The molecule has 0 amide bonds. The largest absolute Gasteiger partial charge is 0.478 e. The number of anilines is 1. The Hall–Kier alpha value is -1.88. The molecule has 104 valence electrons. The summed E-state index contributed by atoms with van der Waals surface area (Å²) in [4.78, 5) is 15.0. The summed E-state index contributed by atoms with van der Waals surface area (Å²) in [5, 5.41) is 12.2. The van der Waals surface area contributed by atoms with Crippen LogP contribution in [0, 0.1) is 6.92 Å². The minimum atomic E-state index is -0.926. The minimum absolute atomic E-state index is 0.273. The third kappa shape index (κ3) is 3.81. The van der Waals surface area contributed by atoms with Gasteiger partial charge >= 0.3 is 5.97 Å². The van der Waals surface area contributed by atoms with E-state index in [0.717, 1.165) is 15.9 Å². The van der Waals surface area contributed by atoms with Crippen molar-refractivity contribution in [3.8, 4) is 0 Å². The number of halogens is 1. The average Bonchev–Trinajstić information content (AvgIpc) is 2.43. The Morgan fingerprint density at radius 2 is 2.15 bits per heavy atom. The number of nitrogens with one attached hydrogen (secondary N) is 1. The molecule has 0 aliphatic rings. The first-order chi connectivity index (χ1) is 9.56. The number of carboxylic acids is 1. The van der Waals surface area contributed by atoms with Crippen molar-refractivity contribution >= 4 is 27.6 Å². The van der Waals surface area contributed by atoms with Gasteiger partial charge in [-0.05, 0) is 42.8 Å². The van der Waals surface area contributed by atoms with Gasteiger partial charge in [0.1, 0.15) is 0 Å². The molecule has 2 aromatic rings. The first-order valence-electron chi connectivity index (χ1n) is 6.24. The van der Waals surface area contributed by atoms with Gasteiger partial charge in [-0.15, -0.1) is 0 Å². The topological polar surface area (TPSA) is 62.2 Å². The van der Waals surface area contributed by atoms with Crippen LogP contribution in [0.1, 0.15) is 21.6 Å². The fraction of sp³-hybridized carbons (Fsp3) is 0.200. The van der Waals surface area contributed by atoms with Crippen LogP contribution < -0.4 is 5.32 Å². The zero-order chi connectivity index (χ0) is 14.5. The molecule has 0 aliphatic carbocycles. The number of benzene rings is 1. The maximum atomic E-state index is 10.9. The fourth-order valence-corrected chi connectivity index (χ4v) is 2.08. The normalized spacial score (nSPS) is 10.3. The molecule has 1 heterocycles. The number of rotatable bonds is 5. The van der Waals surface area contributed by atoms with E-state index in [9.17, 15) is 4.79 Å². The molecule has 0 atom stereocenters. The van der Waals surface area contributed by atoms with E-state index in [2.05, 4.69) is 32.3 Å². The molecule has 4 nitrogen and oxygen atoms in total. The van der Waals surface area contributed by atoms with Gasteiger partial charge in [0.25, 0.3) is 0 Å². The molecule has 0 fully saturated rings. The van der Waals surface area contributed by atoms with Gasteiger partial charge in [0.2, 0.25) is 0 Å². The third-order valence-electron chi connectivity index (χ3n) is 2.93. The van der Waals surface area contributed by atoms with Gasteiger partial charge in [-0.3, -0.25) is 4.98 Å². The summed E-state index contributed by atoms with van der Waals surface area (Å²) in [5.74, 6) is -0.926. The van der Waals surface area contributed by atoms with E-state index < -0.39 is 5.97 Å². The molecule has 0 saturated carbocycles. The maximum Gasteiger partial charge on any atom is 0.335 e. The highest BCUT2D eigenvalue weighted by Crippen LogP contribution is 2.19. The molecule has 1 aromatic carbocycles. The van der Waals surface area contributed by atoms with Gasteiger partial charge < -0.3 is 10.4 Å². The van der Waals surface area contributed by atoms with E-state index in [4.69, 9.17) is 5.11 Å². The van der Waals surface area contributed by atoms with E-state index >= 15 is 0 Å². The molecular formula is C15H15BrN2O2. The molecule has 0 aliphatic heterocycles. The van der Waals surface area contributed by atoms with Crippen LogP contribution in [0.25, 0.3) is 0 Å². The van der Waals surface area contributed by atoms with E-state index in [-0.39, 0.29) is 5.56 Å². The Morgan fingerprint density at radius 1 is 1.35 bits per heavy atom. The monoisotopic (exact) mass is 334 g/mol. The van der Waals surface area contributed by atoms with Crippen LogP contribution in [0.15, 0.2) is 41.0 Å². The van der Waals surface area contributed by atoms with Crippen molar-refractivity contribution in [2.45, 2.75) is 13.3 Å². The number of aromatic nitrogens is 1. The van der Waals surface area contributed by atoms with Crippen molar-refractivity contribution in [3.05, 3.63) is 57.8 Å². The lowest BCUT2D eigenvalue weighted by Gasteiger charge is -2.08. The van der Waals surface area contributed by atoms with Crippen LogP contribution in [-0.4, -0.2) is 22.6 Å². The van der Waals surface area contributed by atoms with E-state index in [1.54, 1.807) is 6.07 Å². The van der Waals surface area contributed by atoms with Crippen LogP contribution >= 0.6 is 15.9 Å². The zero-order valence-electron chi connectivity index (χ0n) is 11.1. The number of carbonyl (C=O) groups is 1. The predicted octanol–water partition coefficient (Wildman–Crippen LogP) is 3.51. The number of carboxylic acid groups (broad SMARTS) is 1. The second-order valence-electron chi connectivity index (χ2n) is 4.48. The Balaban J connectivity index is 1.94. The molecule has 5 heteroatoms. The van der Waals surface area contributed by atoms with Crippen molar-refractivity contribution in [2.24, 2.45) is 0 Å². The Morgan fingerprint density at radius 3 is 2.85 bits per heavy atom. The average molecular weight is 335 g/mol. The van der Waals surface area contributed by atoms with E-state index in [1.807, 2.05) is 19.1 Å². The Labute approximate surface area is 126 Å². The van der Waals surface area contributed by atoms with Crippen molar-refractivity contribution in [3.63, 3.8) is 0 Å². The molecule has 20 heavy (non-hydrogen) atoms. The summed E-state index contributed by atoms with van der Waals surface area (Å²) in [5.41, 5.74) is 3.25. The van der Waals surface area contributed by atoms with Crippen molar-refractivity contribution in [1.82, 2.24) is 4.98 Å². The second-order valence-corrected chi connectivity index (χ2v) is 5.34. The Kier molecular flexibility index (Phi) is 4.74. The van der Waals surface area contributed by atoms with Crippen molar-refractivity contribution in [2.75, 3.05) is 11.9 Å². The van der Waals surface area contributed by atoms with Gasteiger partial charge in [-0.1, -0.05) is 15.9 Å². The van der Waals surface area contributed by atoms with Gasteiger partial charge in [-0.2, -0.15) is 0 Å². The summed E-state index contributed by atoms with van der Waals surface area (Å²) in [6.45, 7) is 2.74. The first-order valence-corrected chi connectivity index (χ1v) is 7.04. The lowest BCUT2D eigenvalue weighted by atomic mass is 10.2. The predicted molar refractivity (Wildman–Crippen MR) is 82.3 cm³/mol. The summed E-state index contributed by atoms with van der Waals surface area (Å²) >= 11 is 3.46. The smallest absolute Gasteiger partial charge is 0.335 e. The maximum absolute atomic E-state index is 10.9. The molecule has 0 spiro atoms. The van der Waals surface area contributed by atoms with Crippen LogP contribution in [0.2, 0.25) is 0 Å². The zero-order valence-corrected chi connectivity index (χ0v) is 12.6. The minimum Gasteiger partial charge on any atom is -0.478 e. The highest BCUT2D eigenvalue weighted by atomic mass is 79.9. The highest BCUT2D eigenvalue weighted by molar-refractivity contribution is 9.10. The van der Waals surface area contributed by atoms with Gasteiger partial charge in [0, 0.05) is 35.0 Å². The van der Waals surface area contributed by atoms with Crippen LogP contribution in [-0.2, 0) is 6.42 Å². The molecule has 2 rings (SSSR count). The molecule has 0 unspecified atom stereocenters. The molecule has 0 saturated heterocycles. The molecule has 0 radical (unpaired) electrons. The number of hydrogen-bond donors (Lipinski definition) is 2. The highest BCUT2D eigenvalue weighted by Gasteiger charge is 2.04. The summed E-state index contributed by atoms with van der Waals surface area (Å²) in [6, 6.07) is 9.17. The first kappa shape index (κ1) is 14.5. The number of hydrogen-bond acceptors (Lipinski definition) is 3. The van der Waals surface area contributed by atoms with E-state index in [0.29, 0.717) is 13.0 Å². The molecular weight excluding hydrogens is 320 g/mol.